The molecule has 3 amide bonds. The summed E-state index contributed by atoms with van der Waals surface area (Å²) in [6, 6.07) is 5.19. The van der Waals surface area contributed by atoms with Crippen LogP contribution in [0.5, 0.6) is 0 Å². The molecular formula is C17H24N4O5. The highest BCUT2D eigenvalue weighted by Gasteiger charge is 2.32. The van der Waals surface area contributed by atoms with Crippen molar-refractivity contribution in [3.05, 3.63) is 34.4 Å². The Labute approximate surface area is 152 Å². The number of hydrogen-bond donors (Lipinski definition) is 1. The van der Waals surface area contributed by atoms with Gasteiger partial charge in [-0.3, -0.25) is 10.1 Å². The third-order valence-corrected chi connectivity index (χ3v) is 3.85. The van der Waals surface area contributed by atoms with E-state index in [4.69, 9.17) is 4.74 Å². The lowest BCUT2D eigenvalue weighted by Gasteiger charge is -2.40. The number of hydrogen-bond acceptors (Lipinski definition) is 5. The number of carbonyl (C=O) groups is 2. The van der Waals surface area contributed by atoms with Crippen molar-refractivity contribution in [1.29, 1.82) is 0 Å². The van der Waals surface area contributed by atoms with E-state index in [1.54, 1.807) is 36.6 Å². The first-order valence-electron chi connectivity index (χ1n) is 8.37. The maximum Gasteiger partial charge on any atom is 0.410 e. The molecule has 0 spiro atoms. The summed E-state index contributed by atoms with van der Waals surface area (Å²) >= 11 is 0. The smallest absolute Gasteiger partial charge is 0.410 e. The van der Waals surface area contributed by atoms with Crippen LogP contribution in [0.3, 0.4) is 0 Å². The van der Waals surface area contributed by atoms with E-state index >= 15 is 0 Å². The fourth-order valence-corrected chi connectivity index (χ4v) is 2.64. The standard InChI is InChI=1S/C17H24N4O5/c1-12-11-19(16(23)26-17(2,3)4)8-9-20(12)15(22)18-13-6-5-7-14(10-13)21(24)25/h5-7,10,12H,8-9,11H2,1-4H3,(H,18,22). The van der Waals surface area contributed by atoms with Crippen molar-refractivity contribution in [1.82, 2.24) is 9.80 Å². The quantitative estimate of drug-likeness (QED) is 0.641. The fourth-order valence-electron chi connectivity index (χ4n) is 2.64. The Balaban J connectivity index is 1.96. The summed E-state index contributed by atoms with van der Waals surface area (Å²) in [5, 5.41) is 13.5. The average Bonchev–Trinajstić information content (AvgIpc) is 2.53. The van der Waals surface area contributed by atoms with Crippen molar-refractivity contribution in [2.75, 3.05) is 25.0 Å². The van der Waals surface area contributed by atoms with Gasteiger partial charge in [0.05, 0.1) is 4.92 Å². The SMILES string of the molecule is CC1CN(C(=O)OC(C)(C)C)CCN1C(=O)Nc1cccc([N+](=O)[O-])c1. The number of nitrogens with one attached hydrogen (secondary N) is 1. The van der Waals surface area contributed by atoms with E-state index < -0.39 is 16.6 Å². The summed E-state index contributed by atoms with van der Waals surface area (Å²) in [6.07, 6.45) is -0.400. The topological polar surface area (TPSA) is 105 Å². The van der Waals surface area contributed by atoms with Gasteiger partial charge in [0.15, 0.2) is 0 Å². The van der Waals surface area contributed by atoms with Crippen LogP contribution in [-0.2, 0) is 4.74 Å². The van der Waals surface area contributed by atoms with Crippen LogP contribution in [0.4, 0.5) is 21.0 Å². The van der Waals surface area contributed by atoms with E-state index in [0.717, 1.165) is 0 Å². The Morgan fingerprint density at radius 2 is 2.00 bits per heavy atom. The highest BCUT2D eigenvalue weighted by molar-refractivity contribution is 5.90. The number of piperazine rings is 1. The van der Waals surface area contributed by atoms with Gasteiger partial charge in [0.25, 0.3) is 5.69 Å². The Morgan fingerprint density at radius 3 is 2.58 bits per heavy atom. The summed E-state index contributed by atoms with van der Waals surface area (Å²) in [7, 11) is 0. The number of non-ortho nitro benzene ring substituents is 1. The number of ether oxygens (including phenoxy) is 1. The number of urea groups is 1. The van der Waals surface area contributed by atoms with Gasteiger partial charge >= 0.3 is 12.1 Å². The molecule has 2 rings (SSSR count). The average molecular weight is 364 g/mol. The summed E-state index contributed by atoms with van der Waals surface area (Å²) in [5.74, 6) is 0. The van der Waals surface area contributed by atoms with Gasteiger partial charge in [-0.2, -0.15) is 0 Å². The summed E-state index contributed by atoms with van der Waals surface area (Å²) in [4.78, 5) is 38.1. The molecule has 0 radical (unpaired) electrons. The van der Waals surface area contributed by atoms with Crippen molar-refractivity contribution in [3.63, 3.8) is 0 Å². The first-order valence-corrected chi connectivity index (χ1v) is 8.37. The van der Waals surface area contributed by atoms with Crippen LogP contribution in [0.2, 0.25) is 0 Å². The minimum atomic E-state index is -0.573. The molecule has 1 aliphatic rings. The van der Waals surface area contributed by atoms with Crippen LogP contribution >= 0.6 is 0 Å². The molecular weight excluding hydrogens is 340 g/mol. The zero-order valence-corrected chi connectivity index (χ0v) is 15.4. The van der Waals surface area contributed by atoms with Gasteiger partial charge in [-0.05, 0) is 33.8 Å². The van der Waals surface area contributed by atoms with E-state index in [9.17, 15) is 19.7 Å². The highest BCUT2D eigenvalue weighted by Crippen LogP contribution is 2.19. The molecule has 1 aromatic carbocycles. The Morgan fingerprint density at radius 1 is 1.31 bits per heavy atom. The second kappa shape index (κ2) is 7.59. The number of rotatable bonds is 2. The van der Waals surface area contributed by atoms with E-state index in [0.29, 0.717) is 25.3 Å². The largest absolute Gasteiger partial charge is 0.444 e. The van der Waals surface area contributed by atoms with Gasteiger partial charge in [-0.1, -0.05) is 6.07 Å². The van der Waals surface area contributed by atoms with Crippen molar-refractivity contribution >= 4 is 23.5 Å². The predicted molar refractivity (Wildman–Crippen MR) is 96.1 cm³/mol. The molecule has 0 aliphatic carbocycles. The lowest BCUT2D eigenvalue weighted by molar-refractivity contribution is -0.384. The fraction of sp³-hybridized carbons (Fsp3) is 0.529. The van der Waals surface area contributed by atoms with E-state index in [2.05, 4.69) is 5.32 Å². The molecule has 1 unspecified atom stereocenters. The normalized spacial score (nSPS) is 17.6. The molecule has 26 heavy (non-hydrogen) atoms. The second-order valence-corrected chi connectivity index (χ2v) is 7.21. The molecule has 1 aliphatic heterocycles. The van der Waals surface area contributed by atoms with Crippen LogP contribution in [0, 0.1) is 10.1 Å². The lowest BCUT2D eigenvalue weighted by Crippen LogP contribution is -2.57. The Bertz CT molecular complexity index is 701. The molecule has 1 atom stereocenters. The van der Waals surface area contributed by atoms with E-state index in [1.807, 2.05) is 6.92 Å². The zero-order valence-electron chi connectivity index (χ0n) is 15.4. The molecule has 1 fully saturated rings. The molecule has 1 heterocycles. The monoisotopic (exact) mass is 364 g/mol. The minimum Gasteiger partial charge on any atom is -0.444 e. The molecule has 1 saturated heterocycles. The summed E-state index contributed by atoms with van der Waals surface area (Å²) in [5.41, 5.74) is -0.312. The number of anilines is 1. The molecule has 9 heteroatoms. The minimum absolute atomic E-state index is 0.0920. The van der Waals surface area contributed by atoms with Crippen molar-refractivity contribution in [2.24, 2.45) is 0 Å². The number of nitro benzene ring substituents is 1. The number of nitrogens with zero attached hydrogens (tertiary/aromatic N) is 3. The van der Waals surface area contributed by atoms with Crippen molar-refractivity contribution in [3.8, 4) is 0 Å². The first-order chi connectivity index (χ1) is 12.1. The highest BCUT2D eigenvalue weighted by atomic mass is 16.6. The predicted octanol–water partition coefficient (Wildman–Crippen LogP) is 3.07. The maximum absolute atomic E-state index is 12.5. The van der Waals surface area contributed by atoms with Gasteiger partial charge < -0.3 is 19.9 Å². The summed E-state index contributed by atoms with van der Waals surface area (Å²) < 4.78 is 5.36. The molecule has 9 nitrogen and oxygen atoms in total. The maximum atomic E-state index is 12.5. The molecule has 0 saturated carbocycles. The zero-order chi connectivity index (χ0) is 19.5. The van der Waals surface area contributed by atoms with Crippen LogP contribution in [-0.4, -0.2) is 58.1 Å². The van der Waals surface area contributed by atoms with Gasteiger partial charge in [-0.25, -0.2) is 9.59 Å². The Hall–Kier alpha value is -2.84. The molecule has 142 valence electrons. The van der Waals surface area contributed by atoms with Crippen molar-refractivity contribution in [2.45, 2.75) is 39.3 Å². The number of carbonyl (C=O) groups excluding carboxylic acids is 2. The van der Waals surface area contributed by atoms with Crippen molar-refractivity contribution < 1.29 is 19.2 Å². The van der Waals surface area contributed by atoms with Gasteiger partial charge in [0, 0.05) is 43.5 Å². The Kier molecular flexibility index (Phi) is 5.69. The summed E-state index contributed by atoms with van der Waals surface area (Å²) in [6.45, 7) is 8.31. The van der Waals surface area contributed by atoms with Crippen LogP contribution in [0.25, 0.3) is 0 Å². The van der Waals surface area contributed by atoms with E-state index in [-0.39, 0.29) is 17.8 Å². The molecule has 0 aromatic heterocycles. The molecule has 0 bridgehead atoms. The van der Waals surface area contributed by atoms with Crippen LogP contribution < -0.4 is 5.32 Å². The van der Waals surface area contributed by atoms with Gasteiger partial charge in [0.2, 0.25) is 0 Å². The third-order valence-electron chi connectivity index (χ3n) is 3.85. The second-order valence-electron chi connectivity index (χ2n) is 7.21. The molecule has 1 aromatic rings. The van der Waals surface area contributed by atoms with Crippen LogP contribution in [0.1, 0.15) is 27.7 Å². The lowest BCUT2D eigenvalue weighted by atomic mass is 10.2. The van der Waals surface area contributed by atoms with Gasteiger partial charge in [0.1, 0.15) is 5.60 Å². The molecule has 1 N–H and O–H groups in total. The van der Waals surface area contributed by atoms with Gasteiger partial charge in [-0.15, -0.1) is 0 Å². The first kappa shape index (κ1) is 19.5. The van der Waals surface area contributed by atoms with E-state index in [1.165, 1.54) is 18.2 Å². The number of amides is 3. The number of nitro groups is 1. The van der Waals surface area contributed by atoms with Crippen LogP contribution in [0.15, 0.2) is 24.3 Å². The third kappa shape index (κ3) is 5.08. The number of benzene rings is 1.